The smallest absolute Gasteiger partial charge is 0.374 e. The molecule has 0 saturated carbocycles. The summed E-state index contributed by atoms with van der Waals surface area (Å²) in [4.78, 5) is 0. The van der Waals surface area contributed by atoms with E-state index in [1.54, 1.807) is 0 Å². The summed E-state index contributed by atoms with van der Waals surface area (Å²) in [5.41, 5.74) is 0. The van der Waals surface area contributed by atoms with Crippen LogP contribution in [0.2, 0.25) is 45.3 Å². The molecule has 0 spiro atoms. The first-order valence-corrected chi connectivity index (χ1v) is 18.0. The van der Waals surface area contributed by atoms with E-state index in [1.165, 1.54) is 13.0 Å². The van der Waals surface area contributed by atoms with Gasteiger partial charge in [-0.3, -0.25) is 0 Å². The van der Waals surface area contributed by atoms with Gasteiger partial charge in [0.2, 0.25) is 0 Å². The van der Waals surface area contributed by atoms with Crippen LogP contribution in [0.1, 0.15) is 33.6 Å². The Morgan fingerprint density at radius 1 is 0.652 bits per heavy atom. The van der Waals surface area contributed by atoms with Gasteiger partial charge in [0.15, 0.2) is 0 Å². The van der Waals surface area contributed by atoms with Gasteiger partial charge in [0.05, 0.1) is 0 Å². The van der Waals surface area contributed by atoms with Crippen LogP contribution in [0, 0.1) is 0 Å². The van der Waals surface area contributed by atoms with Crippen LogP contribution in [0.4, 0.5) is 0 Å². The quantitative estimate of drug-likeness (QED) is 0.340. The molecular formula is C16H41NO3Si3. The predicted octanol–water partition coefficient (Wildman–Crippen LogP) is 4.79. The number of unbranched alkanes of at least 4 members (excludes halogenated alkanes) is 1. The largest absolute Gasteiger partial charge is 0.500 e. The summed E-state index contributed by atoms with van der Waals surface area (Å²) in [5, 5.41) is 0. The second kappa shape index (κ2) is 10.5. The van der Waals surface area contributed by atoms with Gasteiger partial charge in [0.25, 0.3) is 0 Å². The van der Waals surface area contributed by atoms with Crippen molar-refractivity contribution in [3.05, 3.63) is 0 Å². The fourth-order valence-electron chi connectivity index (χ4n) is 3.29. The second-order valence-corrected chi connectivity index (χ2v) is 20.9. The lowest BCUT2D eigenvalue weighted by Crippen LogP contribution is -2.59. The Hall–Kier alpha value is 0.491. The molecule has 0 aromatic carbocycles. The number of nitrogens with zero attached hydrogens (tertiary/aromatic N) is 1. The third kappa shape index (κ3) is 8.95. The average molecular weight is 380 g/mol. The molecule has 0 rings (SSSR count). The van der Waals surface area contributed by atoms with E-state index < -0.39 is 25.3 Å². The summed E-state index contributed by atoms with van der Waals surface area (Å²) >= 11 is 0. The van der Waals surface area contributed by atoms with E-state index in [0.29, 0.717) is 19.8 Å². The van der Waals surface area contributed by atoms with Crippen LogP contribution in [0.15, 0.2) is 0 Å². The maximum Gasteiger partial charge on any atom is 0.500 e. The van der Waals surface area contributed by atoms with Gasteiger partial charge >= 0.3 is 8.80 Å². The van der Waals surface area contributed by atoms with Crippen molar-refractivity contribution >= 4 is 25.3 Å². The minimum absolute atomic E-state index is 0.669. The summed E-state index contributed by atoms with van der Waals surface area (Å²) < 4.78 is 20.7. The van der Waals surface area contributed by atoms with Crippen molar-refractivity contribution < 1.29 is 13.3 Å². The molecule has 4 nitrogen and oxygen atoms in total. The van der Waals surface area contributed by atoms with E-state index in [-0.39, 0.29) is 0 Å². The molecule has 0 atom stereocenters. The van der Waals surface area contributed by atoms with Crippen LogP contribution in [-0.4, -0.2) is 55.9 Å². The highest BCUT2D eigenvalue weighted by Crippen LogP contribution is 2.23. The lowest BCUT2D eigenvalue weighted by atomic mass is 10.3. The lowest BCUT2D eigenvalue weighted by molar-refractivity contribution is 0.0706. The summed E-state index contributed by atoms with van der Waals surface area (Å²) in [6.07, 6.45) is 2.33. The van der Waals surface area contributed by atoms with Gasteiger partial charge in [-0.05, 0) is 40.2 Å². The van der Waals surface area contributed by atoms with E-state index >= 15 is 0 Å². The summed E-state index contributed by atoms with van der Waals surface area (Å²) in [6.45, 7) is 24.1. The topological polar surface area (TPSA) is 30.9 Å². The van der Waals surface area contributed by atoms with Crippen molar-refractivity contribution in [1.82, 2.24) is 4.23 Å². The highest BCUT2D eigenvalue weighted by Gasteiger charge is 2.40. The first kappa shape index (κ1) is 23.5. The average Bonchev–Trinajstić information content (AvgIpc) is 2.36. The molecule has 23 heavy (non-hydrogen) atoms. The summed E-state index contributed by atoms with van der Waals surface area (Å²) in [7, 11) is -4.96. The van der Waals surface area contributed by atoms with Gasteiger partial charge in [-0.25, -0.2) is 0 Å². The molecule has 7 heteroatoms. The fraction of sp³-hybridized carbons (Fsp3) is 1.00. The Kier molecular flexibility index (Phi) is 10.7. The molecule has 0 radical (unpaired) electrons. The van der Waals surface area contributed by atoms with Crippen LogP contribution in [0.3, 0.4) is 0 Å². The lowest BCUT2D eigenvalue weighted by Gasteiger charge is -2.43. The molecule has 0 fully saturated rings. The number of rotatable bonds is 13. The van der Waals surface area contributed by atoms with E-state index in [0.717, 1.165) is 12.5 Å². The molecule has 0 aliphatic heterocycles. The number of hydrogen-bond acceptors (Lipinski definition) is 4. The van der Waals surface area contributed by atoms with E-state index in [1.807, 2.05) is 20.8 Å². The third-order valence-electron chi connectivity index (χ3n) is 3.83. The minimum Gasteiger partial charge on any atom is -0.374 e. The van der Waals surface area contributed by atoms with E-state index in [9.17, 15) is 0 Å². The molecule has 0 saturated heterocycles. The second-order valence-electron chi connectivity index (χ2n) is 7.93. The molecule has 0 heterocycles. The molecule has 0 aliphatic carbocycles. The van der Waals surface area contributed by atoms with Gasteiger partial charge in [-0.1, -0.05) is 39.3 Å². The third-order valence-corrected chi connectivity index (χ3v) is 14.7. The van der Waals surface area contributed by atoms with Crippen LogP contribution in [0.5, 0.6) is 0 Å². The Balaban J connectivity index is 4.63. The summed E-state index contributed by atoms with van der Waals surface area (Å²) in [6, 6.07) is 0.938. The Labute approximate surface area is 148 Å². The van der Waals surface area contributed by atoms with Crippen LogP contribution in [-0.2, 0) is 13.3 Å². The van der Waals surface area contributed by atoms with Crippen LogP contribution >= 0.6 is 0 Å². The standard InChI is InChI=1S/C16H41NO3Si3/c1-10-18-23(19-11-2,20-12-3)16-14-13-15-17(21(4,5)6)22(7,8)9/h10-16H2,1-9H3. The molecule has 0 bridgehead atoms. The van der Waals surface area contributed by atoms with Crippen molar-refractivity contribution in [3.8, 4) is 0 Å². The van der Waals surface area contributed by atoms with Crippen molar-refractivity contribution in [1.29, 1.82) is 0 Å². The minimum atomic E-state index is -2.46. The van der Waals surface area contributed by atoms with Crippen LogP contribution < -0.4 is 0 Å². The highest BCUT2D eigenvalue weighted by atomic mass is 28.4. The predicted molar refractivity (Wildman–Crippen MR) is 108 cm³/mol. The summed E-state index contributed by atoms with van der Waals surface area (Å²) in [5.74, 6) is 0. The van der Waals surface area contributed by atoms with Crippen molar-refractivity contribution in [3.63, 3.8) is 0 Å². The molecule has 0 aromatic rings. The monoisotopic (exact) mass is 379 g/mol. The van der Waals surface area contributed by atoms with Crippen molar-refractivity contribution in [2.24, 2.45) is 0 Å². The number of hydrogen-bond donors (Lipinski definition) is 0. The first-order chi connectivity index (χ1) is 10.5. The van der Waals surface area contributed by atoms with Gasteiger partial charge in [0.1, 0.15) is 16.5 Å². The molecular weight excluding hydrogens is 338 g/mol. The first-order valence-electron chi connectivity index (χ1n) is 9.22. The van der Waals surface area contributed by atoms with Crippen molar-refractivity contribution in [2.45, 2.75) is 78.9 Å². The molecule has 0 aliphatic rings. The molecule has 0 amide bonds. The maximum absolute atomic E-state index is 5.95. The zero-order valence-corrected chi connectivity index (χ0v) is 20.1. The Morgan fingerprint density at radius 3 is 1.35 bits per heavy atom. The Bertz CT molecular complexity index is 286. The van der Waals surface area contributed by atoms with Crippen LogP contribution in [0.25, 0.3) is 0 Å². The Morgan fingerprint density at radius 2 is 1.04 bits per heavy atom. The normalized spacial score (nSPS) is 13.8. The molecule has 0 unspecified atom stereocenters. The zero-order valence-electron chi connectivity index (χ0n) is 17.1. The van der Waals surface area contributed by atoms with E-state index in [4.69, 9.17) is 13.3 Å². The zero-order chi connectivity index (χ0) is 18.1. The molecule has 140 valence electrons. The van der Waals surface area contributed by atoms with Gasteiger partial charge < -0.3 is 17.5 Å². The molecule has 0 aromatic heterocycles. The van der Waals surface area contributed by atoms with Gasteiger partial charge in [-0.2, -0.15) is 0 Å². The van der Waals surface area contributed by atoms with Gasteiger partial charge in [-0.15, -0.1) is 0 Å². The van der Waals surface area contributed by atoms with E-state index in [2.05, 4.69) is 43.5 Å². The van der Waals surface area contributed by atoms with Gasteiger partial charge in [0, 0.05) is 25.9 Å². The highest BCUT2D eigenvalue weighted by molar-refractivity contribution is 6.89. The molecule has 0 N–H and O–H groups in total. The van der Waals surface area contributed by atoms with Crippen molar-refractivity contribution in [2.75, 3.05) is 26.4 Å². The maximum atomic E-state index is 5.95. The fourth-order valence-corrected chi connectivity index (χ4v) is 15.7. The SMILES string of the molecule is CCO[Si](CCCCN([Si](C)(C)C)[Si](C)(C)C)(OCC)OCC.